The normalized spacial score (nSPS) is 23.4. The average molecular weight is 327 g/mol. The molecule has 0 aromatic carbocycles. The second-order valence-electron chi connectivity index (χ2n) is 5.99. The molecule has 0 spiro atoms. The zero-order valence-electron chi connectivity index (χ0n) is 12.6. The maximum atomic E-state index is 12.6. The fraction of sp³-hybridized carbons (Fsp3) is 0.353. The number of carbonyl (C=O) groups excluding carboxylic acids is 2. The average Bonchev–Trinajstić information content (AvgIpc) is 3.27. The molecule has 6 heteroatoms. The zero-order chi connectivity index (χ0) is 15.8. The van der Waals surface area contributed by atoms with E-state index in [9.17, 15) is 9.59 Å². The molecule has 0 N–H and O–H groups in total. The van der Waals surface area contributed by atoms with Crippen LogP contribution in [0.25, 0.3) is 0 Å². The lowest BCUT2D eigenvalue weighted by Crippen LogP contribution is -2.39. The van der Waals surface area contributed by atoms with Gasteiger partial charge in [0, 0.05) is 31.9 Å². The van der Waals surface area contributed by atoms with Gasteiger partial charge in [0.2, 0.25) is 5.91 Å². The number of fused-ring (bicyclic) bond motifs is 1. The summed E-state index contributed by atoms with van der Waals surface area (Å²) in [6.07, 6.45) is 4.81. The first-order valence-corrected chi connectivity index (χ1v) is 8.65. The third-order valence-corrected chi connectivity index (χ3v) is 5.54. The van der Waals surface area contributed by atoms with E-state index in [0.717, 1.165) is 23.4 Å². The second kappa shape index (κ2) is 5.77. The van der Waals surface area contributed by atoms with Crippen LogP contribution in [0, 0.1) is 0 Å². The Hall–Kier alpha value is -2.21. The maximum Gasteiger partial charge on any atom is 0.264 e. The fourth-order valence-corrected chi connectivity index (χ4v) is 4.29. The highest BCUT2D eigenvalue weighted by molar-refractivity contribution is 7.12. The SMILES string of the molecule is O=C(c1cccs1)N1CC[C@H]2[C@H]1CC(=O)N2Cc1cccnc1. The summed E-state index contributed by atoms with van der Waals surface area (Å²) in [5.41, 5.74) is 1.03. The number of hydrogen-bond acceptors (Lipinski definition) is 4. The van der Waals surface area contributed by atoms with Crippen molar-refractivity contribution in [2.45, 2.75) is 31.5 Å². The first kappa shape index (κ1) is 14.4. The van der Waals surface area contributed by atoms with Gasteiger partial charge in [-0.25, -0.2) is 0 Å². The zero-order valence-corrected chi connectivity index (χ0v) is 13.4. The number of likely N-dealkylation sites (tertiary alicyclic amines) is 2. The standard InChI is InChI=1S/C17H17N3O2S/c21-16-9-14-13(20(16)11-12-3-1-6-18-10-12)5-7-19(14)17(22)15-4-2-8-23-15/h1-4,6,8,10,13-14H,5,7,9,11H2/t13-,14+/m0/s1. The van der Waals surface area contributed by atoms with Gasteiger partial charge in [0.15, 0.2) is 0 Å². The molecule has 2 aromatic heterocycles. The molecule has 0 unspecified atom stereocenters. The summed E-state index contributed by atoms with van der Waals surface area (Å²) in [4.78, 5) is 33.7. The molecule has 2 fully saturated rings. The first-order valence-electron chi connectivity index (χ1n) is 7.77. The van der Waals surface area contributed by atoms with Gasteiger partial charge in [0.25, 0.3) is 5.91 Å². The van der Waals surface area contributed by atoms with Crippen LogP contribution < -0.4 is 0 Å². The van der Waals surface area contributed by atoms with E-state index in [-0.39, 0.29) is 23.9 Å². The van der Waals surface area contributed by atoms with Crippen LogP contribution in [0.15, 0.2) is 42.0 Å². The number of carbonyl (C=O) groups is 2. The van der Waals surface area contributed by atoms with Crippen LogP contribution in [0.3, 0.4) is 0 Å². The summed E-state index contributed by atoms with van der Waals surface area (Å²) in [6, 6.07) is 7.75. The van der Waals surface area contributed by atoms with Crippen molar-refractivity contribution in [3.63, 3.8) is 0 Å². The summed E-state index contributed by atoms with van der Waals surface area (Å²) in [5.74, 6) is 0.191. The van der Waals surface area contributed by atoms with Crippen LogP contribution in [0.4, 0.5) is 0 Å². The van der Waals surface area contributed by atoms with Crippen molar-refractivity contribution in [2.24, 2.45) is 0 Å². The topological polar surface area (TPSA) is 53.5 Å². The van der Waals surface area contributed by atoms with E-state index < -0.39 is 0 Å². The molecule has 2 saturated heterocycles. The van der Waals surface area contributed by atoms with Gasteiger partial charge >= 0.3 is 0 Å². The number of nitrogens with zero attached hydrogens (tertiary/aromatic N) is 3. The van der Waals surface area contributed by atoms with Gasteiger partial charge in [0.05, 0.1) is 17.0 Å². The van der Waals surface area contributed by atoms with Gasteiger partial charge in [-0.2, -0.15) is 0 Å². The van der Waals surface area contributed by atoms with Crippen LogP contribution in [-0.4, -0.2) is 45.2 Å². The van der Waals surface area contributed by atoms with Crippen molar-refractivity contribution in [3.8, 4) is 0 Å². The summed E-state index contributed by atoms with van der Waals surface area (Å²) in [6.45, 7) is 1.30. The van der Waals surface area contributed by atoms with E-state index in [4.69, 9.17) is 0 Å². The monoisotopic (exact) mass is 327 g/mol. The quantitative estimate of drug-likeness (QED) is 0.868. The van der Waals surface area contributed by atoms with Gasteiger partial charge in [-0.05, 0) is 29.5 Å². The van der Waals surface area contributed by atoms with E-state index in [1.54, 1.807) is 12.4 Å². The molecular formula is C17H17N3O2S. The number of hydrogen-bond donors (Lipinski definition) is 0. The Morgan fingerprint density at radius 1 is 1.30 bits per heavy atom. The molecule has 4 rings (SSSR count). The largest absolute Gasteiger partial charge is 0.333 e. The summed E-state index contributed by atoms with van der Waals surface area (Å²) < 4.78 is 0. The Labute approximate surface area is 138 Å². The first-order chi connectivity index (χ1) is 11.2. The van der Waals surface area contributed by atoms with E-state index in [2.05, 4.69) is 4.98 Å². The third-order valence-electron chi connectivity index (χ3n) is 4.68. The third kappa shape index (κ3) is 2.53. The number of amides is 2. The number of aromatic nitrogens is 1. The van der Waals surface area contributed by atoms with Crippen molar-refractivity contribution in [1.29, 1.82) is 0 Å². The molecule has 2 aromatic rings. The summed E-state index contributed by atoms with van der Waals surface area (Å²) in [7, 11) is 0. The molecule has 5 nitrogen and oxygen atoms in total. The Bertz CT molecular complexity index is 717. The Balaban J connectivity index is 1.52. The molecule has 2 amide bonds. The van der Waals surface area contributed by atoms with Crippen molar-refractivity contribution < 1.29 is 9.59 Å². The lowest BCUT2D eigenvalue weighted by atomic mass is 10.1. The molecule has 2 atom stereocenters. The van der Waals surface area contributed by atoms with E-state index >= 15 is 0 Å². The number of thiophene rings is 1. The van der Waals surface area contributed by atoms with Crippen LogP contribution >= 0.6 is 11.3 Å². The summed E-state index contributed by atoms with van der Waals surface area (Å²) >= 11 is 1.46. The highest BCUT2D eigenvalue weighted by Gasteiger charge is 2.48. The highest BCUT2D eigenvalue weighted by atomic mass is 32.1. The van der Waals surface area contributed by atoms with Gasteiger partial charge in [-0.3, -0.25) is 14.6 Å². The molecule has 2 aliphatic rings. The highest BCUT2D eigenvalue weighted by Crippen LogP contribution is 2.34. The molecule has 4 heterocycles. The Kier molecular flexibility index (Phi) is 3.61. The number of pyridine rings is 1. The predicted octanol–water partition coefficient (Wildman–Crippen LogP) is 2.16. The van der Waals surface area contributed by atoms with Gasteiger partial charge in [-0.15, -0.1) is 11.3 Å². The number of rotatable bonds is 3. The molecule has 0 saturated carbocycles. The molecule has 2 aliphatic heterocycles. The van der Waals surface area contributed by atoms with E-state index in [1.807, 2.05) is 39.4 Å². The van der Waals surface area contributed by atoms with Crippen molar-refractivity contribution >= 4 is 23.2 Å². The van der Waals surface area contributed by atoms with Gasteiger partial charge < -0.3 is 9.80 Å². The van der Waals surface area contributed by atoms with E-state index in [0.29, 0.717) is 13.0 Å². The minimum Gasteiger partial charge on any atom is -0.333 e. The lowest BCUT2D eigenvalue weighted by molar-refractivity contribution is -0.129. The molecule has 0 aliphatic carbocycles. The molecule has 23 heavy (non-hydrogen) atoms. The lowest BCUT2D eigenvalue weighted by Gasteiger charge is -2.25. The van der Waals surface area contributed by atoms with Crippen molar-refractivity contribution in [1.82, 2.24) is 14.8 Å². The predicted molar refractivity (Wildman–Crippen MR) is 87.0 cm³/mol. The smallest absolute Gasteiger partial charge is 0.264 e. The molecular weight excluding hydrogens is 310 g/mol. The van der Waals surface area contributed by atoms with Crippen LogP contribution in [-0.2, 0) is 11.3 Å². The van der Waals surface area contributed by atoms with Crippen molar-refractivity contribution in [2.75, 3.05) is 6.54 Å². The Morgan fingerprint density at radius 2 is 2.22 bits per heavy atom. The van der Waals surface area contributed by atoms with Crippen LogP contribution in [0.1, 0.15) is 28.1 Å². The molecule has 0 radical (unpaired) electrons. The fourth-order valence-electron chi connectivity index (χ4n) is 3.62. The van der Waals surface area contributed by atoms with E-state index in [1.165, 1.54) is 11.3 Å². The van der Waals surface area contributed by atoms with Crippen molar-refractivity contribution in [3.05, 3.63) is 52.5 Å². The van der Waals surface area contributed by atoms with Crippen LogP contribution in [0.2, 0.25) is 0 Å². The second-order valence-corrected chi connectivity index (χ2v) is 6.93. The maximum absolute atomic E-state index is 12.6. The van der Waals surface area contributed by atoms with Gasteiger partial charge in [0.1, 0.15) is 0 Å². The van der Waals surface area contributed by atoms with Crippen LogP contribution in [0.5, 0.6) is 0 Å². The minimum absolute atomic E-state index is 0.00812. The van der Waals surface area contributed by atoms with Gasteiger partial charge in [-0.1, -0.05) is 12.1 Å². The Morgan fingerprint density at radius 3 is 2.96 bits per heavy atom. The summed E-state index contributed by atoms with van der Waals surface area (Å²) in [5, 5.41) is 1.91. The minimum atomic E-state index is 0.00812. The molecule has 0 bridgehead atoms. The molecule has 118 valence electrons.